The molecule has 0 bridgehead atoms. The van der Waals surface area contributed by atoms with E-state index in [0.29, 0.717) is 6.04 Å². The highest BCUT2D eigenvalue weighted by Crippen LogP contribution is 2.18. The molecule has 1 nitrogen and oxygen atoms in total. The summed E-state index contributed by atoms with van der Waals surface area (Å²) >= 11 is 5.91. The lowest BCUT2D eigenvalue weighted by Gasteiger charge is -2.16. The highest BCUT2D eigenvalue weighted by Gasteiger charge is 2.06. The van der Waals surface area contributed by atoms with Crippen LogP contribution in [0.25, 0.3) is 0 Å². The molecule has 1 unspecified atom stereocenters. The van der Waals surface area contributed by atoms with Gasteiger partial charge in [-0.15, -0.1) is 0 Å². The molecule has 0 saturated carbocycles. The van der Waals surface area contributed by atoms with E-state index in [2.05, 4.69) is 56.4 Å². The number of aryl methyl sites for hydroxylation is 1. The van der Waals surface area contributed by atoms with Crippen LogP contribution in [0.3, 0.4) is 0 Å². The minimum Gasteiger partial charge on any atom is -0.306 e. The number of hydrogen-bond donors (Lipinski definition) is 1. The maximum absolute atomic E-state index is 5.91. The lowest BCUT2D eigenvalue weighted by molar-refractivity contribution is 0.573. The van der Waals surface area contributed by atoms with Gasteiger partial charge >= 0.3 is 0 Å². The Balaban J connectivity index is 2.02. The van der Waals surface area contributed by atoms with Crippen molar-refractivity contribution in [3.05, 3.63) is 69.7 Å². The van der Waals surface area contributed by atoms with Gasteiger partial charge in [0.2, 0.25) is 0 Å². The van der Waals surface area contributed by atoms with Crippen molar-refractivity contribution in [2.24, 2.45) is 0 Å². The fraction of sp³-hybridized carbons (Fsp3) is 0.294. The molecule has 0 heterocycles. The molecular formula is C17H20ClN. The molecule has 2 heteroatoms. The van der Waals surface area contributed by atoms with Crippen LogP contribution in [0.2, 0.25) is 5.02 Å². The van der Waals surface area contributed by atoms with Gasteiger partial charge in [-0.2, -0.15) is 0 Å². The molecule has 100 valence electrons. The van der Waals surface area contributed by atoms with Crippen molar-refractivity contribution < 1.29 is 0 Å². The third kappa shape index (κ3) is 3.59. The van der Waals surface area contributed by atoms with Crippen LogP contribution < -0.4 is 5.32 Å². The smallest absolute Gasteiger partial charge is 0.0406 e. The zero-order valence-corrected chi connectivity index (χ0v) is 12.5. The Bertz CT molecular complexity index is 546. The lowest BCUT2D eigenvalue weighted by atomic mass is 10.0. The first-order valence-electron chi connectivity index (χ1n) is 6.62. The van der Waals surface area contributed by atoms with Crippen LogP contribution in [0.4, 0.5) is 0 Å². The van der Waals surface area contributed by atoms with Gasteiger partial charge < -0.3 is 5.32 Å². The molecule has 0 aliphatic heterocycles. The summed E-state index contributed by atoms with van der Waals surface area (Å²) < 4.78 is 0. The highest BCUT2D eigenvalue weighted by atomic mass is 35.5. The summed E-state index contributed by atoms with van der Waals surface area (Å²) in [6.45, 7) is 7.40. The fourth-order valence-electron chi connectivity index (χ4n) is 2.14. The van der Waals surface area contributed by atoms with E-state index in [-0.39, 0.29) is 0 Å². The van der Waals surface area contributed by atoms with Crippen LogP contribution in [0, 0.1) is 13.8 Å². The molecule has 0 amide bonds. The first kappa shape index (κ1) is 14.1. The molecule has 2 aromatic rings. The number of rotatable bonds is 4. The summed E-state index contributed by atoms with van der Waals surface area (Å²) in [5.41, 5.74) is 5.34. The van der Waals surface area contributed by atoms with E-state index in [1.807, 2.05) is 12.1 Å². The number of nitrogens with one attached hydrogen (secondary N) is 1. The van der Waals surface area contributed by atoms with Gasteiger partial charge in [-0.05, 0) is 55.2 Å². The number of hydrogen-bond acceptors (Lipinski definition) is 1. The fourth-order valence-corrected chi connectivity index (χ4v) is 2.26. The van der Waals surface area contributed by atoms with Crippen LogP contribution in [0.1, 0.15) is 35.2 Å². The minimum absolute atomic E-state index is 0.317. The van der Waals surface area contributed by atoms with Crippen molar-refractivity contribution >= 4 is 11.6 Å². The van der Waals surface area contributed by atoms with Crippen LogP contribution in [0.5, 0.6) is 0 Å². The van der Waals surface area contributed by atoms with Gasteiger partial charge in [0.05, 0.1) is 0 Å². The van der Waals surface area contributed by atoms with Gasteiger partial charge in [-0.1, -0.05) is 41.9 Å². The molecule has 0 aliphatic rings. The molecule has 1 atom stereocenters. The summed E-state index contributed by atoms with van der Waals surface area (Å²) in [5, 5.41) is 4.34. The molecule has 1 N–H and O–H groups in total. The molecule has 2 rings (SSSR count). The summed E-state index contributed by atoms with van der Waals surface area (Å²) in [6, 6.07) is 14.8. The van der Waals surface area contributed by atoms with E-state index in [4.69, 9.17) is 11.6 Å². The molecule has 0 aromatic heterocycles. The summed E-state index contributed by atoms with van der Waals surface area (Å²) in [6.07, 6.45) is 0. The average Bonchev–Trinajstić information content (AvgIpc) is 2.41. The van der Waals surface area contributed by atoms with Crippen molar-refractivity contribution in [3.63, 3.8) is 0 Å². The summed E-state index contributed by atoms with van der Waals surface area (Å²) in [4.78, 5) is 0. The molecular weight excluding hydrogens is 254 g/mol. The van der Waals surface area contributed by atoms with Crippen molar-refractivity contribution in [3.8, 4) is 0 Å². The largest absolute Gasteiger partial charge is 0.306 e. The monoisotopic (exact) mass is 273 g/mol. The molecule has 0 radical (unpaired) electrons. The van der Waals surface area contributed by atoms with Crippen LogP contribution in [0.15, 0.2) is 42.5 Å². The van der Waals surface area contributed by atoms with E-state index in [0.717, 1.165) is 11.6 Å². The predicted molar refractivity (Wildman–Crippen MR) is 82.6 cm³/mol. The Morgan fingerprint density at radius 1 is 1.05 bits per heavy atom. The van der Waals surface area contributed by atoms with Crippen LogP contribution in [-0.4, -0.2) is 0 Å². The lowest BCUT2D eigenvalue weighted by Crippen LogP contribution is -2.18. The van der Waals surface area contributed by atoms with E-state index < -0.39 is 0 Å². The highest BCUT2D eigenvalue weighted by molar-refractivity contribution is 6.30. The van der Waals surface area contributed by atoms with Gasteiger partial charge in [0.1, 0.15) is 0 Å². The first-order chi connectivity index (χ1) is 9.08. The Labute approximate surface area is 120 Å². The molecule has 0 spiro atoms. The molecule has 0 saturated heterocycles. The molecule has 0 fully saturated rings. The number of benzene rings is 2. The third-order valence-electron chi connectivity index (χ3n) is 3.69. The van der Waals surface area contributed by atoms with Crippen molar-refractivity contribution in [2.75, 3.05) is 0 Å². The van der Waals surface area contributed by atoms with E-state index in [1.165, 1.54) is 22.3 Å². The van der Waals surface area contributed by atoms with Crippen molar-refractivity contribution in [2.45, 2.75) is 33.4 Å². The molecule has 19 heavy (non-hydrogen) atoms. The first-order valence-corrected chi connectivity index (χ1v) is 6.99. The summed E-state index contributed by atoms with van der Waals surface area (Å²) in [5.74, 6) is 0. The Kier molecular flexibility index (Phi) is 4.62. The Morgan fingerprint density at radius 3 is 2.42 bits per heavy atom. The SMILES string of the molecule is Cc1cccc(CNC(C)c2ccc(Cl)cc2)c1C. The van der Waals surface area contributed by atoms with Crippen LogP contribution >= 0.6 is 11.6 Å². The van der Waals surface area contributed by atoms with Gasteiger partial charge in [0, 0.05) is 17.6 Å². The second-order valence-electron chi connectivity index (χ2n) is 5.01. The maximum atomic E-state index is 5.91. The minimum atomic E-state index is 0.317. The van der Waals surface area contributed by atoms with Crippen LogP contribution in [-0.2, 0) is 6.54 Å². The molecule has 0 aliphatic carbocycles. The Hall–Kier alpha value is -1.31. The predicted octanol–water partition coefficient (Wildman–Crippen LogP) is 4.81. The van der Waals surface area contributed by atoms with Gasteiger partial charge in [0.25, 0.3) is 0 Å². The van der Waals surface area contributed by atoms with Crippen molar-refractivity contribution in [1.29, 1.82) is 0 Å². The topological polar surface area (TPSA) is 12.0 Å². The van der Waals surface area contributed by atoms with Gasteiger partial charge in [0.15, 0.2) is 0 Å². The Morgan fingerprint density at radius 2 is 1.74 bits per heavy atom. The zero-order valence-electron chi connectivity index (χ0n) is 11.7. The maximum Gasteiger partial charge on any atom is 0.0406 e. The zero-order chi connectivity index (χ0) is 13.8. The summed E-state index contributed by atoms with van der Waals surface area (Å²) in [7, 11) is 0. The second kappa shape index (κ2) is 6.23. The van der Waals surface area contributed by atoms with E-state index >= 15 is 0 Å². The van der Waals surface area contributed by atoms with Gasteiger partial charge in [-0.3, -0.25) is 0 Å². The second-order valence-corrected chi connectivity index (χ2v) is 5.45. The van der Waals surface area contributed by atoms with E-state index in [9.17, 15) is 0 Å². The standard InChI is InChI=1S/C17H20ClN/c1-12-5-4-6-16(13(12)2)11-19-14(3)15-7-9-17(18)10-8-15/h4-10,14,19H,11H2,1-3H3. The average molecular weight is 274 g/mol. The quantitative estimate of drug-likeness (QED) is 0.843. The molecule has 2 aromatic carbocycles. The van der Waals surface area contributed by atoms with Crippen molar-refractivity contribution in [1.82, 2.24) is 5.32 Å². The number of halogens is 1. The van der Waals surface area contributed by atoms with E-state index in [1.54, 1.807) is 0 Å². The third-order valence-corrected chi connectivity index (χ3v) is 3.94. The normalized spacial score (nSPS) is 12.4. The van der Waals surface area contributed by atoms with Gasteiger partial charge in [-0.25, -0.2) is 0 Å².